The van der Waals surface area contributed by atoms with Crippen LogP contribution in [0.25, 0.3) is 11.0 Å². The number of imidazole rings is 1. The number of aromatic nitrogens is 2. The van der Waals surface area contributed by atoms with Gasteiger partial charge in [0.25, 0.3) is 0 Å². The van der Waals surface area contributed by atoms with Crippen LogP contribution in [-0.4, -0.2) is 36.8 Å². The molecule has 1 N–H and O–H groups in total. The number of rotatable bonds is 8. The van der Waals surface area contributed by atoms with Gasteiger partial charge in [-0.05, 0) is 30.2 Å². The number of methoxy groups -OCH3 is 3. The molecule has 0 spiro atoms. The minimum atomic E-state index is -0.0519. The highest BCUT2D eigenvalue weighted by atomic mass is 16.5. The fourth-order valence-corrected chi connectivity index (χ4v) is 3.23. The van der Waals surface area contributed by atoms with E-state index in [4.69, 9.17) is 14.2 Å². The van der Waals surface area contributed by atoms with Gasteiger partial charge in [0.05, 0.1) is 38.9 Å². The first-order chi connectivity index (χ1) is 13.6. The van der Waals surface area contributed by atoms with Crippen molar-refractivity contribution in [2.24, 2.45) is 7.05 Å². The van der Waals surface area contributed by atoms with E-state index in [1.54, 1.807) is 21.3 Å². The molecule has 1 amide bonds. The predicted octanol–water partition coefficient (Wildman–Crippen LogP) is 2.85. The normalized spacial score (nSPS) is 10.7. The molecule has 1 heterocycles. The summed E-state index contributed by atoms with van der Waals surface area (Å²) in [6, 6.07) is 11.6. The molecule has 0 saturated heterocycles. The molecule has 0 unspecified atom stereocenters. The highest BCUT2D eigenvalue weighted by Crippen LogP contribution is 2.40. The van der Waals surface area contributed by atoms with Gasteiger partial charge in [-0.1, -0.05) is 18.2 Å². The lowest BCUT2D eigenvalue weighted by Gasteiger charge is -2.15. The first-order valence-electron chi connectivity index (χ1n) is 9.04. The third kappa shape index (κ3) is 3.88. The Hall–Kier alpha value is -3.22. The maximum atomic E-state index is 12.3. The van der Waals surface area contributed by atoms with Gasteiger partial charge < -0.3 is 24.1 Å². The van der Waals surface area contributed by atoms with E-state index in [1.807, 2.05) is 48.0 Å². The van der Waals surface area contributed by atoms with Crippen molar-refractivity contribution in [3.05, 3.63) is 47.8 Å². The van der Waals surface area contributed by atoms with Crippen LogP contribution < -0.4 is 19.5 Å². The van der Waals surface area contributed by atoms with Crippen LogP contribution in [0, 0.1) is 0 Å². The maximum absolute atomic E-state index is 12.3. The summed E-state index contributed by atoms with van der Waals surface area (Å²) >= 11 is 0. The number of aryl methyl sites for hydroxylation is 2. The predicted molar refractivity (Wildman–Crippen MR) is 107 cm³/mol. The van der Waals surface area contributed by atoms with Crippen molar-refractivity contribution in [3.8, 4) is 17.2 Å². The molecule has 3 aromatic rings. The highest BCUT2D eigenvalue weighted by Gasteiger charge is 2.16. The molecule has 0 aliphatic rings. The number of ether oxygens (including phenoxy) is 3. The third-order valence-corrected chi connectivity index (χ3v) is 4.73. The van der Waals surface area contributed by atoms with E-state index < -0.39 is 0 Å². The molecule has 0 aliphatic heterocycles. The van der Waals surface area contributed by atoms with Crippen molar-refractivity contribution in [3.63, 3.8) is 0 Å². The average Bonchev–Trinajstić information content (AvgIpc) is 3.05. The van der Waals surface area contributed by atoms with E-state index in [9.17, 15) is 4.79 Å². The Morgan fingerprint density at radius 1 is 1.04 bits per heavy atom. The van der Waals surface area contributed by atoms with Crippen molar-refractivity contribution < 1.29 is 19.0 Å². The van der Waals surface area contributed by atoms with E-state index in [0.29, 0.717) is 36.6 Å². The van der Waals surface area contributed by atoms with Gasteiger partial charge in [-0.15, -0.1) is 0 Å². The van der Waals surface area contributed by atoms with E-state index in [2.05, 4.69) is 10.3 Å². The number of carbonyl (C=O) groups excluding carboxylic acids is 1. The summed E-state index contributed by atoms with van der Waals surface area (Å²) in [6.07, 6.45) is 0.855. The molecule has 1 aromatic heterocycles. The molecule has 0 radical (unpaired) electrons. The third-order valence-electron chi connectivity index (χ3n) is 4.73. The molecule has 0 saturated carbocycles. The molecule has 2 aromatic carbocycles. The van der Waals surface area contributed by atoms with Crippen molar-refractivity contribution in [1.82, 2.24) is 14.9 Å². The molecular formula is C21H25N3O4. The molecular weight excluding hydrogens is 358 g/mol. The topological polar surface area (TPSA) is 74.6 Å². The van der Waals surface area contributed by atoms with Gasteiger partial charge in [0, 0.05) is 13.5 Å². The van der Waals surface area contributed by atoms with Crippen molar-refractivity contribution in [2.45, 2.75) is 19.4 Å². The molecule has 0 bridgehead atoms. The monoisotopic (exact) mass is 383 g/mol. The SMILES string of the molecule is COc1ccc(CCC(=O)NCc2nc3ccccc3n2C)c(OC)c1OC. The van der Waals surface area contributed by atoms with Crippen LogP contribution in [0.15, 0.2) is 36.4 Å². The van der Waals surface area contributed by atoms with E-state index in [-0.39, 0.29) is 5.91 Å². The number of hydrogen-bond donors (Lipinski definition) is 1. The second-order valence-electron chi connectivity index (χ2n) is 6.35. The van der Waals surface area contributed by atoms with Gasteiger partial charge in [-0.3, -0.25) is 4.79 Å². The lowest BCUT2D eigenvalue weighted by Crippen LogP contribution is -2.24. The van der Waals surface area contributed by atoms with Crippen LogP contribution in [0.3, 0.4) is 0 Å². The summed E-state index contributed by atoms with van der Waals surface area (Å²) in [5, 5.41) is 2.94. The zero-order valence-electron chi connectivity index (χ0n) is 16.6. The lowest BCUT2D eigenvalue weighted by atomic mass is 10.1. The quantitative estimate of drug-likeness (QED) is 0.647. The van der Waals surface area contributed by atoms with Crippen LogP contribution in [0.4, 0.5) is 0 Å². The van der Waals surface area contributed by atoms with E-state index in [1.165, 1.54) is 0 Å². The van der Waals surface area contributed by atoms with Gasteiger partial charge in [-0.25, -0.2) is 4.98 Å². The Morgan fingerprint density at radius 2 is 1.79 bits per heavy atom. The van der Waals surface area contributed by atoms with E-state index in [0.717, 1.165) is 22.4 Å². The zero-order chi connectivity index (χ0) is 20.1. The van der Waals surface area contributed by atoms with Crippen molar-refractivity contribution >= 4 is 16.9 Å². The fraction of sp³-hybridized carbons (Fsp3) is 0.333. The smallest absolute Gasteiger partial charge is 0.220 e. The number of hydrogen-bond acceptors (Lipinski definition) is 5. The second kappa shape index (κ2) is 8.65. The Balaban J connectivity index is 1.63. The molecule has 0 aliphatic carbocycles. The summed E-state index contributed by atoms with van der Waals surface area (Å²) in [7, 11) is 6.66. The summed E-state index contributed by atoms with van der Waals surface area (Å²) in [6.45, 7) is 0.382. The first-order valence-corrected chi connectivity index (χ1v) is 9.04. The molecule has 0 atom stereocenters. The number of para-hydroxylation sites is 2. The fourth-order valence-electron chi connectivity index (χ4n) is 3.23. The molecule has 148 valence electrons. The zero-order valence-corrected chi connectivity index (χ0v) is 16.6. The van der Waals surface area contributed by atoms with Gasteiger partial charge in [0.15, 0.2) is 11.5 Å². The van der Waals surface area contributed by atoms with Crippen molar-refractivity contribution in [1.29, 1.82) is 0 Å². The van der Waals surface area contributed by atoms with Crippen molar-refractivity contribution in [2.75, 3.05) is 21.3 Å². The van der Waals surface area contributed by atoms with Crippen LogP contribution in [0.5, 0.6) is 17.2 Å². The van der Waals surface area contributed by atoms with Gasteiger partial charge in [0.1, 0.15) is 5.82 Å². The minimum Gasteiger partial charge on any atom is -0.493 e. The Bertz CT molecular complexity index is 981. The number of benzene rings is 2. The number of carbonyl (C=O) groups is 1. The van der Waals surface area contributed by atoms with Gasteiger partial charge >= 0.3 is 0 Å². The van der Waals surface area contributed by atoms with Crippen LogP contribution >= 0.6 is 0 Å². The summed E-state index contributed by atoms with van der Waals surface area (Å²) < 4.78 is 18.1. The standard InChI is InChI=1S/C21H25N3O4/c1-24-16-8-6-5-7-15(16)23-18(24)13-22-19(25)12-10-14-9-11-17(26-2)21(28-4)20(14)27-3/h5-9,11H,10,12-13H2,1-4H3,(H,22,25). The largest absolute Gasteiger partial charge is 0.493 e. The molecule has 3 rings (SSSR count). The highest BCUT2D eigenvalue weighted by molar-refractivity contribution is 5.77. The van der Waals surface area contributed by atoms with Crippen LogP contribution in [0.2, 0.25) is 0 Å². The second-order valence-corrected chi connectivity index (χ2v) is 6.35. The average molecular weight is 383 g/mol. The maximum Gasteiger partial charge on any atom is 0.220 e. The van der Waals surface area contributed by atoms with Gasteiger partial charge in [0.2, 0.25) is 11.7 Å². The summed E-state index contributed by atoms with van der Waals surface area (Å²) in [4.78, 5) is 16.9. The Morgan fingerprint density at radius 3 is 2.46 bits per heavy atom. The molecule has 7 heteroatoms. The van der Waals surface area contributed by atoms with Crippen LogP contribution in [-0.2, 0) is 24.8 Å². The van der Waals surface area contributed by atoms with E-state index >= 15 is 0 Å². The summed E-state index contributed by atoms with van der Waals surface area (Å²) in [5.41, 5.74) is 2.85. The molecule has 28 heavy (non-hydrogen) atoms. The number of nitrogens with zero attached hydrogens (tertiary/aromatic N) is 2. The number of nitrogens with one attached hydrogen (secondary N) is 1. The van der Waals surface area contributed by atoms with Crippen LogP contribution in [0.1, 0.15) is 17.8 Å². The molecule has 7 nitrogen and oxygen atoms in total. The minimum absolute atomic E-state index is 0.0519. The molecule has 0 fully saturated rings. The summed E-state index contributed by atoms with van der Waals surface area (Å²) in [5.74, 6) is 2.48. The first kappa shape index (κ1) is 19.5. The Kier molecular flexibility index (Phi) is 6.03. The Labute approximate surface area is 164 Å². The lowest BCUT2D eigenvalue weighted by molar-refractivity contribution is -0.121. The number of amides is 1. The number of fused-ring (bicyclic) bond motifs is 1. The van der Waals surface area contributed by atoms with Gasteiger partial charge in [-0.2, -0.15) is 0 Å².